The third-order valence-electron chi connectivity index (χ3n) is 3.55. The molecule has 2 rings (SSSR count). The molecule has 0 aliphatic rings. The molecule has 0 fully saturated rings. The predicted octanol–water partition coefficient (Wildman–Crippen LogP) is 3.89. The topological polar surface area (TPSA) is 84.9 Å². The normalized spacial score (nSPS) is 11.7. The van der Waals surface area contributed by atoms with Crippen molar-refractivity contribution in [1.29, 1.82) is 0 Å². The second-order valence-corrected chi connectivity index (χ2v) is 6.25. The van der Waals surface area contributed by atoms with Gasteiger partial charge in [0.25, 0.3) is 5.91 Å². The van der Waals surface area contributed by atoms with Crippen LogP contribution in [0.3, 0.4) is 0 Å². The van der Waals surface area contributed by atoms with Crippen molar-refractivity contribution >= 4 is 17.6 Å². The molecule has 0 heterocycles. The fourth-order valence-electron chi connectivity index (χ4n) is 2.23. The average molecular weight is 357 g/mol. The van der Waals surface area contributed by atoms with Crippen LogP contribution in [0, 0.1) is 6.92 Å². The van der Waals surface area contributed by atoms with Crippen molar-refractivity contribution in [2.45, 2.75) is 39.9 Å². The van der Waals surface area contributed by atoms with Crippen LogP contribution in [0.4, 0.5) is 5.69 Å². The molecule has 26 heavy (non-hydrogen) atoms. The summed E-state index contributed by atoms with van der Waals surface area (Å²) >= 11 is 0. The zero-order valence-electron chi connectivity index (χ0n) is 15.3. The van der Waals surface area contributed by atoms with Crippen LogP contribution in [0.5, 0.6) is 11.5 Å². The molecular formula is C20H23NO5. The third-order valence-corrected chi connectivity index (χ3v) is 3.55. The molecule has 0 bridgehead atoms. The Kier molecular flexibility index (Phi) is 6.22. The standard InChI is InChI=1S/C20H23NO5/c1-12(2)25-18-10-7-15(20(23)24)11-17(18)21-19(22)14(4)26-16-8-5-13(3)6-9-16/h5-12,14H,1-4H3,(H,21,22)(H,23,24). The van der Waals surface area contributed by atoms with E-state index in [1.165, 1.54) is 18.2 Å². The predicted molar refractivity (Wildman–Crippen MR) is 99.1 cm³/mol. The van der Waals surface area contributed by atoms with Gasteiger partial charge in [-0.25, -0.2) is 4.79 Å². The van der Waals surface area contributed by atoms with Gasteiger partial charge in [-0.15, -0.1) is 0 Å². The Bertz CT molecular complexity index is 783. The molecule has 0 radical (unpaired) electrons. The first-order chi connectivity index (χ1) is 12.3. The van der Waals surface area contributed by atoms with Crippen LogP contribution in [0.1, 0.15) is 36.7 Å². The lowest BCUT2D eigenvalue weighted by atomic mass is 10.1. The maximum absolute atomic E-state index is 12.5. The molecule has 2 aromatic carbocycles. The van der Waals surface area contributed by atoms with Crippen LogP contribution < -0.4 is 14.8 Å². The van der Waals surface area contributed by atoms with Gasteiger partial charge in [0, 0.05) is 0 Å². The van der Waals surface area contributed by atoms with Gasteiger partial charge < -0.3 is 19.9 Å². The van der Waals surface area contributed by atoms with Gasteiger partial charge >= 0.3 is 5.97 Å². The van der Waals surface area contributed by atoms with E-state index in [1.54, 1.807) is 19.1 Å². The molecule has 1 atom stereocenters. The van der Waals surface area contributed by atoms with E-state index < -0.39 is 18.0 Å². The van der Waals surface area contributed by atoms with E-state index >= 15 is 0 Å². The molecule has 0 saturated carbocycles. The van der Waals surface area contributed by atoms with Crippen LogP contribution in [0.15, 0.2) is 42.5 Å². The number of rotatable bonds is 7. The van der Waals surface area contributed by atoms with Gasteiger partial charge in [0.15, 0.2) is 6.10 Å². The first-order valence-electron chi connectivity index (χ1n) is 8.34. The van der Waals surface area contributed by atoms with E-state index in [4.69, 9.17) is 14.6 Å². The number of aryl methyl sites for hydroxylation is 1. The second kappa shape index (κ2) is 8.38. The summed E-state index contributed by atoms with van der Waals surface area (Å²) < 4.78 is 11.3. The van der Waals surface area contributed by atoms with Crippen molar-refractivity contribution in [2.24, 2.45) is 0 Å². The Morgan fingerprint density at radius 2 is 1.65 bits per heavy atom. The van der Waals surface area contributed by atoms with Crippen LogP contribution in [-0.2, 0) is 4.79 Å². The molecule has 138 valence electrons. The number of amides is 1. The number of carbonyl (C=O) groups is 2. The van der Waals surface area contributed by atoms with Gasteiger partial charge in [0.1, 0.15) is 11.5 Å². The highest BCUT2D eigenvalue weighted by Crippen LogP contribution is 2.27. The highest BCUT2D eigenvalue weighted by atomic mass is 16.5. The van der Waals surface area contributed by atoms with Crippen molar-refractivity contribution in [3.8, 4) is 11.5 Å². The SMILES string of the molecule is Cc1ccc(OC(C)C(=O)Nc2cc(C(=O)O)ccc2OC(C)C)cc1. The zero-order chi connectivity index (χ0) is 19.3. The monoisotopic (exact) mass is 357 g/mol. The number of carboxylic acid groups (broad SMARTS) is 1. The summed E-state index contributed by atoms with van der Waals surface area (Å²) in [6.07, 6.45) is -0.888. The van der Waals surface area contributed by atoms with Gasteiger partial charge in [0.2, 0.25) is 0 Å². The Morgan fingerprint density at radius 3 is 2.23 bits per heavy atom. The Morgan fingerprint density at radius 1 is 1.00 bits per heavy atom. The Labute approximate surface area is 152 Å². The molecule has 2 aromatic rings. The molecule has 2 N–H and O–H groups in total. The Hall–Kier alpha value is -3.02. The molecule has 0 aliphatic carbocycles. The van der Waals surface area contributed by atoms with E-state index in [2.05, 4.69) is 5.32 Å². The van der Waals surface area contributed by atoms with Crippen molar-refractivity contribution < 1.29 is 24.2 Å². The lowest BCUT2D eigenvalue weighted by Crippen LogP contribution is -2.30. The number of aromatic carboxylic acids is 1. The van der Waals surface area contributed by atoms with Crippen molar-refractivity contribution in [2.75, 3.05) is 5.32 Å². The minimum absolute atomic E-state index is 0.0588. The highest BCUT2D eigenvalue weighted by molar-refractivity contribution is 5.97. The Balaban J connectivity index is 2.16. The minimum atomic E-state index is -1.08. The van der Waals surface area contributed by atoms with Crippen molar-refractivity contribution in [3.63, 3.8) is 0 Å². The maximum Gasteiger partial charge on any atom is 0.335 e. The number of nitrogens with one attached hydrogen (secondary N) is 1. The number of carboxylic acids is 1. The highest BCUT2D eigenvalue weighted by Gasteiger charge is 2.18. The number of ether oxygens (including phenoxy) is 2. The van der Waals surface area contributed by atoms with Gasteiger partial charge in [-0.05, 0) is 58.0 Å². The minimum Gasteiger partial charge on any atom is -0.489 e. The summed E-state index contributed by atoms with van der Waals surface area (Å²) in [5.74, 6) is -0.501. The van der Waals surface area contributed by atoms with Crippen molar-refractivity contribution in [1.82, 2.24) is 0 Å². The molecule has 1 amide bonds. The number of anilines is 1. The van der Waals surface area contributed by atoms with Gasteiger partial charge in [-0.3, -0.25) is 4.79 Å². The molecule has 0 aliphatic heterocycles. The summed E-state index contributed by atoms with van der Waals surface area (Å²) in [5.41, 5.74) is 1.45. The van der Waals surface area contributed by atoms with Gasteiger partial charge in [0.05, 0.1) is 17.4 Å². The van der Waals surface area contributed by atoms with E-state index in [-0.39, 0.29) is 11.7 Å². The lowest BCUT2D eigenvalue weighted by molar-refractivity contribution is -0.122. The number of carbonyl (C=O) groups excluding carboxylic acids is 1. The molecule has 0 aromatic heterocycles. The summed E-state index contributed by atoms with van der Waals surface area (Å²) in [6, 6.07) is 11.7. The van der Waals surface area contributed by atoms with E-state index in [0.717, 1.165) is 5.56 Å². The third kappa shape index (κ3) is 5.24. The summed E-state index contributed by atoms with van der Waals surface area (Å²) in [7, 11) is 0. The zero-order valence-corrected chi connectivity index (χ0v) is 15.3. The van der Waals surface area contributed by atoms with E-state index in [9.17, 15) is 9.59 Å². The van der Waals surface area contributed by atoms with Gasteiger partial charge in [-0.1, -0.05) is 17.7 Å². The molecular weight excluding hydrogens is 334 g/mol. The number of hydrogen-bond donors (Lipinski definition) is 2. The fraction of sp³-hybridized carbons (Fsp3) is 0.300. The second-order valence-electron chi connectivity index (χ2n) is 6.25. The summed E-state index contributed by atoms with van der Waals surface area (Å²) in [4.78, 5) is 23.7. The van der Waals surface area contributed by atoms with Crippen LogP contribution in [0.2, 0.25) is 0 Å². The van der Waals surface area contributed by atoms with Crippen molar-refractivity contribution in [3.05, 3.63) is 53.6 Å². The fourth-order valence-corrected chi connectivity index (χ4v) is 2.23. The van der Waals surface area contributed by atoms with Gasteiger partial charge in [-0.2, -0.15) is 0 Å². The molecule has 0 saturated heterocycles. The smallest absolute Gasteiger partial charge is 0.335 e. The van der Waals surface area contributed by atoms with E-state index in [1.807, 2.05) is 32.9 Å². The quantitative estimate of drug-likeness (QED) is 0.785. The molecule has 0 spiro atoms. The summed E-state index contributed by atoms with van der Waals surface area (Å²) in [6.45, 7) is 7.28. The first kappa shape index (κ1) is 19.3. The molecule has 6 nitrogen and oxygen atoms in total. The maximum atomic E-state index is 12.5. The number of benzene rings is 2. The molecule has 6 heteroatoms. The van der Waals surface area contributed by atoms with Crippen LogP contribution in [-0.4, -0.2) is 29.2 Å². The lowest BCUT2D eigenvalue weighted by Gasteiger charge is -2.18. The van der Waals surface area contributed by atoms with Crippen LogP contribution in [0.25, 0.3) is 0 Å². The number of hydrogen-bond acceptors (Lipinski definition) is 4. The molecule has 1 unspecified atom stereocenters. The average Bonchev–Trinajstić information content (AvgIpc) is 2.57. The first-order valence-corrected chi connectivity index (χ1v) is 8.34. The van der Waals surface area contributed by atoms with Crippen LogP contribution >= 0.6 is 0 Å². The van der Waals surface area contributed by atoms with E-state index in [0.29, 0.717) is 17.2 Å². The summed E-state index contributed by atoms with van der Waals surface area (Å²) in [5, 5.41) is 11.9. The largest absolute Gasteiger partial charge is 0.489 e.